The fourth-order valence-electron chi connectivity index (χ4n) is 3.57. The number of amides is 1. The highest BCUT2D eigenvalue weighted by atomic mass is 16.6. The van der Waals surface area contributed by atoms with Crippen molar-refractivity contribution in [1.29, 1.82) is 0 Å². The number of hydrogen-bond acceptors (Lipinski definition) is 7. The van der Waals surface area contributed by atoms with Crippen molar-refractivity contribution in [3.05, 3.63) is 95.9 Å². The molecule has 0 bridgehead atoms. The van der Waals surface area contributed by atoms with E-state index in [0.717, 1.165) is 10.5 Å². The minimum atomic E-state index is -1.16. The number of carboxylic acid groups (broad SMARTS) is 1. The number of aromatic nitrogens is 1. The Bertz CT molecular complexity index is 1490. The molecule has 1 heterocycles. The largest absolute Gasteiger partial charge is 0.497 e. The van der Waals surface area contributed by atoms with Gasteiger partial charge in [-0.15, -0.1) is 0 Å². The SMILES string of the molecule is COc1ccc(OC(=O)N(CC(=O)O)Cc2cccc(OCC#Cc3nc(-c4ccccc4)oc3C)c2)cc1. The number of benzene rings is 3. The lowest BCUT2D eigenvalue weighted by molar-refractivity contribution is -0.138. The Morgan fingerprint density at radius 3 is 2.44 bits per heavy atom. The number of carbonyl (C=O) groups is 2. The van der Waals surface area contributed by atoms with Crippen molar-refractivity contribution in [2.24, 2.45) is 0 Å². The second-order valence-electron chi connectivity index (χ2n) is 8.32. The molecule has 4 aromatic rings. The summed E-state index contributed by atoms with van der Waals surface area (Å²) in [5.74, 6) is 7.24. The summed E-state index contributed by atoms with van der Waals surface area (Å²) in [4.78, 5) is 29.6. The molecule has 4 rings (SSSR count). The van der Waals surface area contributed by atoms with Gasteiger partial charge >= 0.3 is 12.1 Å². The van der Waals surface area contributed by atoms with E-state index in [4.69, 9.17) is 18.6 Å². The molecule has 0 unspecified atom stereocenters. The van der Waals surface area contributed by atoms with Crippen LogP contribution in [0.15, 0.2) is 83.3 Å². The van der Waals surface area contributed by atoms with Gasteiger partial charge in [-0.05, 0) is 66.9 Å². The Kier molecular flexibility index (Phi) is 8.83. The van der Waals surface area contributed by atoms with E-state index in [1.54, 1.807) is 55.5 Å². The first-order chi connectivity index (χ1) is 18.9. The summed E-state index contributed by atoms with van der Waals surface area (Å²) >= 11 is 0. The van der Waals surface area contributed by atoms with Crippen molar-refractivity contribution in [1.82, 2.24) is 9.88 Å². The van der Waals surface area contributed by atoms with Crippen LogP contribution in [-0.4, -0.2) is 47.3 Å². The zero-order chi connectivity index (χ0) is 27.6. The molecule has 0 aliphatic carbocycles. The molecular formula is C30H26N2O7. The number of aryl methyl sites for hydroxylation is 1. The van der Waals surface area contributed by atoms with Crippen LogP contribution in [0.2, 0.25) is 0 Å². The minimum Gasteiger partial charge on any atom is -0.497 e. The molecule has 0 saturated carbocycles. The van der Waals surface area contributed by atoms with Crippen molar-refractivity contribution in [2.75, 3.05) is 20.3 Å². The van der Waals surface area contributed by atoms with Crippen LogP contribution in [0.25, 0.3) is 11.5 Å². The summed E-state index contributed by atoms with van der Waals surface area (Å²) in [6, 6.07) is 22.9. The molecule has 198 valence electrons. The zero-order valence-corrected chi connectivity index (χ0v) is 21.4. The molecule has 9 heteroatoms. The third-order valence-electron chi connectivity index (χ3n) is 5.46. The first-order valence-electron chi connectivity index (χ1n) is 12.0. The van der Waals surface area contributed by atoms with Crippen LogP contribution in [0.5, 0.6) is 17.2 Å². The number of oxazole rings is 1. The number of hydrogen-bond donors (Lipinski definition) is 1. The lowest BCUT2D eigenvalue weighted by Gasteiger charge is -2.20. The van der Waals surface area contributed by atoms with Crippen molar-refractivity contribution >= 4 is 12.1 Å². The fraction of sp³-hybridized carbons (Fsp3) is 0.167. The monoisotopic (exact) mass is 526 g/mol. The number of methoxy groups -OCH3 is 1. The summed E-state index contributed by atoms with van der Waals surface area (Å²) in [5, 5.41) is 9.31. The molecule has 1 N–H and O–H groups in total. The summed E-state index contributed by atoms with van der Waals surface area (Å²) < 4.78 is 21.9. The van der Waals surface area contributed by atoms with Gasteiger partial charge in [-0.1, -0.05) is 36.3 Å². The second kappa shape index (κ2) is 12.8. The third kappa shape index (κ3) is 7.63. The topological polar surface area (TPSA) is 111 Å². The molecule has 0 spiro atoms. The summed E-state index contributed by atoms with van der Waals surface area (Å²) in [5.41, 5.74) is 2.06. The van der Waals surface area contributed by atoms with E-state index in [1.165, 1.54) is 7.11 Å². The lowest BCUT2D eigenvalue weighted by Crippen LogP contribution is -2.37. The average Bonchev–Trinajstić information content (AvgIpc) is 3.32. The van der Waals surface area contributed by atoms with Gasteiger partial charge in [-0.3, -0.25) is 9.69 Å². The summed E-state index contributed by atoms with van der Waals surface area (Å²) in [6.07, 6.45) is -0.794. The number of ether oxygens (including phenoxy) is 3. The van der Waals surface area contributed by atoms with E-state index < -0.39 is 18.6 Å². The van der Waals surface area contributed by atoms with E-state index in [9.17, 15) is 14.7 Å². The van der Waals surface area contributed by atoms with Gasteiger partial charge in [-0.2, -0.15) is 0 Å². The smallest absolute Gasteiger partial charge is 0.416 e. The highest BCUT2D eigenvalue weighted by molar-refractivity contribution is 5.78. The predicted octanol–water partition coefficient (Wildman–Crippen LogP) is 5.17. The van der Waals surface area contributed by atoms with Gasteiger partial charge in [0.2, 0.25) is 5.89 Å². The van der Waals surface area contributed by atoms with E-state index in [1.807, 2.05) is 30.3 Å². The molecule has 39 heavy (non-hydrogen) atoms. The number of nitrogens with zero attached hydrogens (tertiary/aromatic N) is 2. The van der Waals surface area contributed by atoms with E-state index in [0.29, 0.717) is 34.4 Å². The molecule has 0 aliphatic rings. The van der Waals surface area contributed by atoms with Gasteiger partial charge in [0.1, 0.15) is 36.2 Å². The van der Waals surface area contributed by atoms with Crippen LogP contribution in [0.4, 0.5) is 4.79 Å². The van der Waals surface area contributed by atoms with Gasteiger partial charge in [0.15, 0.2) is 5.69 Å². The lowest BCUT2D eigenvalue weighted by atomic mass is 10.2. The first kappa shape index (κ1) is 26.8. The molecule has 0 aliphatic heterocycles. The van der Waals surface area contributed by atoms with Crippen LogP contribution >= 0.6 is 0 Å². The van der Waals surface area contributed by atoms with Crippen molar-refractivity contribution in [3.8, 4) is 40.5 Å². The van der Waals surface area contributed by atoms with Crippen LogP contribution in [0.3, 0.4) is 0 Å². The van der Waals surface area contributed by atoms with Gasteiger partial charge in [0.25, 0.3) is 0 Å². The van der Waals surface area contributed by atoms with Crippen LogP contribution in [0.1, 0.15) is 17.0 Å². The van der Waals surface area contributed by atoms with Gasteiger partial charge in [0.05, 0.1) is 7.11 Å². The van der Waals surface area contributed by atoms with Crippen LogP contribution < -0.4 is 14.2 Å². The van der Waals surface area contributed by atoms with Gasteiger partial charge in [0, 0.05) is 12.1 Å². The van der Waals surface area contributed by atoms with E-state index in [2.05, 4.69) is 16.8 Å². The van der Waals surface area contributed by atoms with Crippen molar-refractivity contribution in [2.45, 2.75) is 13.5 Å². The maximum absolute atomic E-state index is 12.7. The maximum Gasteiger partial charge on any atom is 0.416 e. The Balaban J connectivity index is 1.37. The summed E-state index contributed by atoms with van der Waals surface area (Å²) in [7, 11) is 1.53. The quantitative estimate of drug-likeness (QED) is 0.297. The molecule has 0 radical (unpaired) electrons. The summed E-state index contributed by atoms with van der Waals surface area (Å²) in [6.45, 7) is 1.36. The Hall–Kier alpha value is -5.23. The molecule has 1 amide bonds. The molecule has 1 aromatic heterocycles. The predicted molar refractivity (Wildman–Crippen MR) is 143 cm³/mol. The number of carbonyl (C=O) groups excluding carboxylic acids is 1. The van der Waals surface area contributed by atoms with Crippen molar-refractivity contribution < 1.29 is 33.3 Å². The normalized spacial score (nSPS) is 10.2. The number of aliphatic carboxylic acids is 1. The van der Waals surface area contributed by atoms with Gasteiger partial charge in [-0.25, -0.2) is 9.78 Å². The highest BCUT2D eigenvalue weighted by Crippen LogP contribution is 2.21. The Morgan fingerprint density at radius 2 is 1.72 bits per heavy atom. The average molecular weight is 527 g/mol. The van der Waals surface area contributed by atoms with E-state index >= 15 is 0 Å². The molecule has 0 atom stereocenters. The first-order valence-corrected chi connectivity index (χ1v) is 12.0. The molecule has 0 fully saturated rings. The third-order valence-corrected chi connectivity index (χ3v) is 5.46. The van der Waals surface area contributed by atoms with Gasteiger partial charge < -0.3 is 23.7 Å². The molecule has 9 nitrogen and oxygen atoms in total. The Labute approximate surface area is 225 Å². The second-order valence-corrected chi connectivity index (χ2v) is 8.32. The number of carboxylic acids is 1. The van der Waals surface area contributed by atoms with Crippen molar-refractivity contribution in [3.63, 3.8) is 0 Å². The number of rotatable bonds is 9. The molecule has 0 saturated heterocycles. The molecular weight excluding hydrogens is 500 g/mol. The minimum absolute atomic E-state index is 0.00453. The zero-order valence-electron chi connectivity index (χ0n) is 21.4. The standard InChI is InChI=1S/C30H26N2O7/c1-21-27(31-29(38-21)23-9-4-3-5-10-23)12-7-17-37-26-11-6-8-22(18-26)19-32(20-28(33)34)30(35)39-25-15-13-24(36-2)14-16-25/h3-6,8-11,13-16,18H,17,19-20H2,1-2H3,(H,33,34). The maximum atomic E-state index is 12.7. The molecule has 3 aromatic carbocycles. The highest BCUT2D eigenvalue weighted by Gasteiger charge is 2.20. The van der Waals surface area contributed by atoms with E-state index in [-0.39, 0.29) is 18.9 Å². The van der Waals surface area contributed by atoms with Crippen LogP contribution in [-0.2, 0) is 11.3 Å². The van der Waals surface area contributed by atoms with Crippen LogP contribution in [0, 0.1) is 18.8 Å². The fourth-order valence-corrected chi connectivity index (χ4v) is 3.57. The Morgan fingerprint density at radius 1 is 0.974 bits per heavy atom.